The lowest BCUT2D eigenvalue weighted by molar-refractivity contribution is 0.0762. The van der Waals surface area contributed by atoms with Gasteiger partial charge in [-0.05, 0) is 47.5 Å². The highest BCUT2D eigenvalue weighted by atomic mass is 79.9. The molecule has 0 saturated carbocycles. The van der Waals surface area contributed by atoms with Crippen molar-refractivity contribution >= 4 is 21.8 Å². The zero-order valence-electron chi connectivity index (χ0n) is 10.1. The van der Waals surface area contributed by atoms with Crippen LogP contribution in [0.15, 0.2) is 22.7 Å². The van der Waals surface area contributed by atoms with E-state index in [1.54, 1.807) is 17.9 Å². The van der Waals surface area contributed by atoms with Crippen LogP contribution in [0.4, 0.5) is 4.39 Å². The minimum absolute atomic E-state index is 0.120. The van der Waals surface area contributed by atoms with Crippen molar-refractivity contribution in [3.63, 3.8) is 0 Å². The van der Waals surface area contributed by atoms with Crippen LogP contribution in [-0.4, -0.2) is 35.1 Å². The summed E-state index contributed by atoms with van der Waals surface area (Å²) in [6.07, 6.45) is 0.382. The summed E-state index contributed by atoms with van der Waals surface area (Å²) in [5.74, 6) is -0.495. The van der Waals surface area contributed by atoms with E-state index in [2.05, 4.69) is 15.9 Å². The third-order valence-electron chi connectivity index (χ3n) is 3.36. The van der Waals surface area contributed by atoms with Crippen LogP contribution in [0.5, 0.6) is 0 Å². The minimum Gasteiger partial charge on any atom is -0.393 e. The van der Waals surface area contributed by atoms with E-state index in [1.165, 1.54) is 12.1 Å². The molecule has 18 heavy (non-hydrogen) atoms. The number of carbonyl (C=O) groups is 1. The van der Waals surface area contributed by atoms with Gasteiger partial charge in [-0.3, -0.25) is 4.79 Å². The fraction of sp³-hybridized carbons (Fsp3) is 0.462. The lowest BCUT2D eigenvalue weighted by atomic mass is 10.0. The Bertz CT molecular complexity index is 464. The van der Waals surface area contributed by atoms with Gasteiger partial charge in [-0.25, -0.2) is 4.39 Å². The first kappa shape index (κ1) is 13.5. The van der Waals surface area contributed by atoms with Crippen LogP contribution in [-0.2, 0) is 0 Å². The Labute approximate surface area is 114 Å². The smallest absolute Gasteiger partial charge is 0.253 e. The third-order valence-corrected chi connectivity index (χ3v) is 4.00. The number of benzene rings is 1. The summed E-state index contributed by atoms with van der Waals surface area (Å²) < 4.78 is 13.7. The standard InChI is InChI=1S/C13H15BrFNO2/c1-8(17)10-4-5-16(7-10)13(18)9-2-3-11(14)12(15)6-9/h2-3,6,8,10,17H,4-5,7H2,1H3. The molecule has 0 aromatic heterocycles. The molecular weight excluding hydrogens is 301 g/mol. The van der Waals surface area contributed by atoms with Gasteiger partial charge in [-0.15, -0.1) is 0 Å². The molecule has 98 valence electrons. The summed E-state index contributed by atoms with van der Waals surface area (Å²) in [5.41, 5.74) is 0.349. The van der Waals surface area contributed by atoms with Crippen molar-refractivity contribution in [2.24, 2.45) is 5.92 Å². The highest BCUT2D eigenvalue weighted by Crippen LogP contribution is 2.23. The number of carbonyl (C=O) groups excluding carboxylic acids is 1. The van der Waals surface area contributed by atoms with Gasteiger partial charge in [0, 0.05) is 24.6 Å². The summed E-state index contributed by atoms with van der Waals surface area (Å²) in [6, 6.07) is 4.37. The predicted octanol–water partition coefficient (Wildman–Crippen LogP) is 2.43. The molecule has 1 heterocycles. The second-order valence-corrected chi connectivity index (χ2v) is 5.52. The molecule has 1 aliphatic heterocycles. The molecular formula is C13H15BrFNO2. The summed E-state index contributed by atoms with van der Waals surface area (Å²) in [7, 11) is 0. The second-order valence-electron chi connectivity index (χ2n) is 4.67. The van der Waals surface area contributed by atoms with E-state index >= 15 is 0 Å². The van der Waals surface area contributed by atoms with Gasteiger partial charge in [0.15, 0.2) is 0 Å². The molecule has 1 fully saturated rings. The summed E-state index contributed by atoms with van der Waals surface area (Å²) in [5, 5.41) is 9.50. The Kier molecular flexibility index (Phi) is 4.02. The Morgan fingerprint density at radius 2 is 2.33 bits per heavy atom. The van der Waals surface area contributed by atoms with Gasteiger partial charge >= 0.3 is 0 Å². The number of hydrogen-bond acceptors (Lipinski definition) is 2. The van der Waals surface area contributed by atoms with Crippen LogP contribution in [0.3, 0.4) is 0 Å². The Morgan fingerprint density at radius 3 is 2.89 bits per heavy atom. The number of halogens is 2. The molecule has 0 radical (unpaired) electrons. The van der Waals surface area contributed by atoms with E-state index < -0.39 is 11.9 Å². The van der Waals surface area contributed by atoms with Crippen LogP contribution in [0.1, 0.15) is 23.7 Å². The van der Waals surface area contributed by atoms with Crippen molar-refractivity contribution < 1.29 is 14.3 Å². The summed E-state index contributed by atoms with van der Waals surface area (Å²) in [4.78, 5) is 13.8. The lowest BCUT2D eigenvalue weighted by Crippen LogP contribution is -2.30. The largest absolute Gasteiger partial charge is 0.393 e. The van der Waals surface area contributed by atoms with E-state index in [-0.39, 0.29) is 11.8 Å². The highest BCUT2D eigenvalue weighted by molar-refractivity contribution is 9.10. The Morgan fingerprint density at radius 1 is 1.61 bits per heavy atom. The molecule has 1 amide bonds. The predicted molar refractivity (Wildman–Crippen MR) is 69.8 cm³/mol. The van der Waals surface area contributed by atoms with Crippen molar-refractivity contribution in [3.05, 3.63) is 34.1 Å². The molecule has 0 aliphatic carbocycles. The van der Waals surface area contributed by atoms with Crippen molar-refractivity contribution in [3.8, 4) is 0 Å². The number of amides is 1. The monoisotopic (exact) mass is 315 g/mol. The molecule has 1 N–H and O–H groups in total. The lowest BCUT2D eigenvalue weighted by Gasteiger charge is -2.17. The quantitative estimate of drug-likeness (QED) is 0.910. The van der Waals surface area contributed by atoms with E-state index in [0.717, 1.165) is 6.42 Å². The van der Waals surface area contributed by atoms with E-state index in [1.807, 2.05) is 0 Å². The third kappa shape index (κ3) is 2.72. The topological polar surface area (TPSA) is 40.5 Å². The van der Waals surface area contributed by atoms with Crippen LogP contribution in [0, 0.1) is 11.7 Å². The van der Waals surface area contributed by atoms with Crippen LogP contribution < -0.4 is 0 Å². The van der Waals surface area contributed by atoms with Gasteiger partial charge in [-0.2, -0.15) is 0 Å². The molecule has 2 atom stereocenters. The summed E-state index contributed by atoms with van der Waals surface area (Å²) in [6.45, 7) is 2.89. The number of nitrogens with zero attached hydrogens (tertiary/aromatic N) is 1. The van der Waals surface area contributed by atoms with Crippen molar-refractivity contribution in [2.45, 2.75) is 19.4 Å². The van der Waals surface area contributed by atoms with Crippen molar-refractivity contribution in [1.29, 1.82) is 0 Å². The van der Waals surface area contributed by atoms with Crippen LogP contribution in [0.2, 0.25) is 0 Å². The van der Waals surface area contributed by atoms with Crippen LogP contribution in [0.25, 0.3) is 0 Å². The zero-order chi connectivity index (χ0) is 13.3. The van der Waals surface area contributed by atoms with Gasteiger partial charge in [0.05, 0.1) is 10.6 Å². The molecule has 5 heteroatoms. The second kappa shape index (κ2) is 5.36. The molecule has 2 unspecified atom stereocenters. The maximum atomic E-state index is 13.4. The molecule has 1 saturated heterocycles. The van der Waals surface area contributed by atoms with Gasteiger partial charge < -0.3 is 10.0 Å². The Hall–Kier alpha value is -0.940. The first-order chi connectivity index (χ1) is 8.49. The molecule has 1 aromatic rings. The minimum atomic E-state index is -0.438. The van der Waals surface area contributed by atoms with Crippen molar-refractivity contribution in [1.82, 2.24) is 4.90 Å². The molecule has 1 aliphatic rings. The SMILES string of the molecule is CC(O)C1CCN(C(=O)c2ccc(Br)c(F)c2)C1. The molecule has 0 bridgehead atoms. The number of hydrogen-bond donors (Lipinski definition) is 1. The molecule has 3 nitrogen and oxygen atoms in total. The maximum absolute atomic E-state index is 13.4. The van der Waals surface area contributed by atoms with Gasteiger partial charge in [0.2, 0.25) is 0 Å². The first-order valence-corrected chi connectivity index (χ1v) is 6.70. The van der Waals surface area contributed by atoms with E-state index in [9.17, 15) is 14.3 Å². The maximum Gasteiger partial charge on any atom is 0.253 e. The summed E-state index contributed by atoms with van der Waals surface area (Å²) >= 11 is 3.06. The van der Waals surface area contributed by atoms with Gasteiger partial charge in [0.25, 0.3) is 5.91 Å². The first-order valence-electron chi connectivity index (χ1n) is 5.91. The fourth-order valence-corrected chi connectivity index (χ4v) is 2.42. The average Bonchev–Trinajstić information content (AvgIpc) is 2.81. The number of rotatable bonds is 2. The molecule has 2 rings (SSSR count). The van der Waals surface area contributed by atoms with Crippen LogP contribution >= 0.6 is 15.9 Å². The van der Waals surface area contributed by atoms with Crippen molar-refractivity contribution in [2.75, 3.05) is 13.1 Å². The highest BCUT2D eigenvalue weighted by Gasteiger charge is 2.29. The van der Waals surface area contributed by atoms with E-state index in [4.69, 9.17) is 0 Å². The Balaban J connectivity index is 2.10. The van der Waals surface area contributed by atoms with Gasteiger partial charge in [-0.1, -0.05) is 0 Å². The number of likely N-dealkylation sites (tertiary alicyclic amines) is 1. The number of aliphatic hydroxyl groups excluding tert-OH is 1. The average molecular weight is 316 g/mol. The number of aliphatic hydroxyl groups is 1. The zero-order valence-corrected chi connectivity index (χ0v) is 11.7. The normalized spacial score (nSPS) is 21.1. The molecule has 1 aromatic carbocycles. The fourth-order valence-electron chi connectivity index (χ4n) is 2.18. The van der Waals surface area contributed by atoms with E-state index in [0.29, 0.717) is 23.1 Å². The molecule has 0 spiro atoms. The van der Waals surface area contributed by atoms with Gasteiger partial charge in [0.1, 0.15) is 5.82 Å².